The van der Waals surface area contributed by atoms with Crippen LogP contribution in [0.1, 0.15) is 18.7 Å². The summed E-state index contributed by atoms with van der Waals surface area (Å²) in [4.78, 5) is 8.07. The molecule has 1 aliphatic heterocycles. The van der Waals surface area contributed by atoms with Gasteiger partial charge in [-0.05, 0) is 29.8 Å². The molecular weight excluding hydrogens is 340 g/mol. The van der Waals surface area contributed by atoms with Gasteiger partial charge in [-0.3, -0.25) is 4.68 Å². The first-order valence-electron chi connectivity index (χ1n) is 6.63. The van der Waals surface area contributed by atoms with Crippen molar-refractivity contribution in [3.05, 3.63) is 27.9 Å². The molecule has 0 radical (unpaired) electrons. The summed E-state index contributed by atoms with van der Waals surface area (Å²) in [5.74, 6) is 0. The third-order valence-electron chi connectivity index (χ3n) is 3.15. The fourth-order valence-corrected chi connectivity index (χ4v) is 3.68. The first-order chi connectivity index (χ1) is 9.60. The molecule has 3 rings (SSSR count). The average Bonchev–Trinajstić information content (AvgIpc) is 2.98. The summed E-state index contributed by atoms with van der Waals surface area (Å²) in [7, 11) is 0. The van der Waals surface area contributed by atoms with Crippen molar-refractivity contribution in [2.45, 2.75) is 32.6 Å². The van der Waals surface area contributed by atoms with E-state index in [9.17, 15) is 0 Å². The standard InChI is InChI=1S/C13H17BrN4OS/c1-9-5-17(6-10(2)19-9)13-15-4-12(20-13)8-18-7-11(14)3-16-18/h3-4,7,9-10H,5-6,8H2,1-2H3. The SMILES string of the molecule is CC1CN(c2ncc(Cn3cc(Br)cn3)s2)CC(C)O1. The first kappa shape index (κ1) is 14.0. The van der Waals surface area contributed by atoms with Crippen LogP contribution in [0.15, 0.2) is 23.1 Å². The summed E-state index contributed by atoms with van der Waals surface area (Å²) in [5.41, 5.74) is 0. The Hall–Kier alpha value is -0.920. The molecule has 0 aliphatic carbocycles. The fraction of sp³-hybridized carbons (Fsp3) is 0.538. The zero-order chi connectivity index (χ0) is 14.1. The van der Waals surface area contributed by atoms with Crippen LogP contribution in [-0.4, -0.2) is 40.1 Å². The van der Waals surface area contributed by atoms with Crippen molar-refractivity contribution in [3.63, 3.8) is 0 Å². The molecule has 0 N–H and O–H groups in total. The van der Waals surface area contributed by atoms with E-state index in [1.807, 2.05) is 17.1 Å². The van der Waals surface area contributed by atoms with Gasteiger partial charge in [-0.1, -0.05) is 11.3 Å². The van der Waals surface area contributed by atoms with E-state index in [1.54, 1.807) is 17.5 Å². The lowest BCUT2D eigenvalue weighted by molar-refractivity contribution is -0.00522. The highest BCUT2D eigenvalue weighted by Crippen LogP contribution is 2.26. The molecule has 0 bridgehead atoms. The monoisotopic (exact) mass is 356 g/mol. The number of nitrogens with zero attached hydrogens (tertiary/aromatic N) is 4. The second kappa shape index (κ2) is 5.83. The van der Waals surface area contributed by atoms with Crippen molar-refractivity contribution in [1.82, 2.24) is 14.8 Å². The Balaban J connectivity index is 1.70. The van der Waals surface area contributed by atoms with Crippen LogP contribution in [0.25, 0.3) is 0 Å². The predicted molar refractivity (Wildman–Crippen MR) is 83.4 cm³/mol. The molecule has 1 aliphatic rings. The lowest BCUT2D eigenvalue weighted by Crippen LogP contribution is -2.45. The second-order valence-electron chi connectivity index (χ2n) is 5.13. The smallest absolute Gasteiger partial charge is 0.185 e. The summed E-state index contributed by atoms with van der Waals surface area (Å²) in [6.07, 6.45) is 6.23. The first-order valence-corrected chi connectivity index (χ1v) is 8.24. The number of ether oxygens (including phenoxy) is 1. The number of anilines is 1. The third kappa shape index (κ3) is 3.21. The van der Waals surface area contributed by atoms with Crippen molar-refractivity contribution in [2.24, 2.45) is 0 Å². The topological polar surface area (TPSA) is 43.2 Å². The molecule has 2 atom stereocenters. The van der Waals surface area contributed by atoms with E-state index < -0.39 is 0 Å². The van der Waals surface area contributed by atoms with Crippen LogP contribution in [0.5, 0.6) is 0 Å². The molecule has 1 fully saturated rings. The molecule has 108 valence electrons. The van der Waals surface area contributed by atoms with Gasteiger partial charge in [0, 0.05) is 30.4 Å². The number of hydrogen-bond acceptors (Lipinski definition) is 5. The van der Waals surface area contributed by atoms with Crippen LogP contribution in [0, 0.1) is 0 Å². The van der Waals surface area contributed by atoms with Gasteiger partial charge in [0.25, 0.3) is 0 Å². The fourth-order valence-electron chi connectivity index (χ4n) is 2.44. The molecule has 1 saturated heterocycles. The van der Waals surface area contributed by atoms with Crippen LogP contribution in [0.4, 0.5) is 5.13 Å². The van der Waals surface area contributed by atoms with Crippen molar-refractivity contribution in [1.29, 1.82) is 0 Å². The van der Waals surface area contributed by atoms with Gasteiger partial charge in [0.1, 0.15) is 0 Å². The maximum absolute atomic E-state index is 5.76. The summed E-state index contributed by atoms with van der Waals surface area (Å²) in [6.45, 7) is 6.80. The Labute approximate surface area is 130 Å². The van der Waals surface area contributed by atoms with E-state index in [-0.39, 0.29) is 12.2 Å². The van der Waals surface area contributed by atoms with E-state index in [4.69, 9.17) is 4.74 Å². The zero-order valence-corrected chi connectivity index (χ0v) is 13.9. The normalized spacial score (nSPS) is 23.2. The van der Waals surface area contributed by atoms with Crippen molar-refractivity contribution < 1.29 is 4.74 Å². The summed E-state index contributed by atoms with van der Waals surface area (Å²) >= 11 is 5.14. The summed E-state index contributed by atoms with van der Waals surface area (Å²) < 4.78 is 8.67. The van der Waals surface area contributed by atoms with Crippen LogP contribution < -0.4 is 4.90 Å². The predicted octanol–water partition coefficient (Wildman–Crippen LogP) is 2.76. The third-order valence-corrected chi connectivity index (χ3v) is 4.60. The molecule has 3 heterocycles. The Kier molecular flexibility index (Phi) is 4.09. The van der Waals surface area contributed by atoms with Gasteiger partial charge in [0.2, 0.25) is 0 Å². The van der Waals surface area contributed by atoms with Crippen LogP contribution in [0.2, 0.25) is 0 Å². The van der Waals surface area contributed by atoms with Gasteiger partial charge < -0.3 is 9.64 Å². The van der Waals surface area contributed by atoms with E-state index in [1.165, 1.54) is 4.88 Å². The molecular formula is C13H17BrN4OS. The van der Waals surface area contributed by atoms with Crippen molar-refractivity contribution >= 4 is 32.4 Å². The minimum absolute atomic E-state index is 0.258. The highest BCUT2D eigenvalue weighted by Gasteiger charge is 2.24. The second-order valence-corrected chi connectivity index (χ2v) is 7.14. The van der Waals surface area contributed by atoms with Gasteiger partial charge in [-0.15, -0.1) is 0 Å². The Morgan fingerprint density at radius 1 is 1.35 bits per heavy atom. The minimum atomic E-state index is 0.258. The van der Waals surface area contributed by atoms with Crippen LogP contribution in [0.3, 0.4) is 0 Å². The summed E-state index contributed by atoms with van der Waals surface area (Å²) in [6, 6.07) is 0. The maximum Gasteiger partial charge on any atom is 0.185 e. The molecule has 7 heteroatoms. The number of thiazole rings is 1. The molecule has 0 amide bonds. The van der Waals surface area contributed by atoms with E-state index in [0.29, 0.717) is 0 Å². The highest BCUT2D eigenvalue weighted by molar-refractivity contribution is 9.10. The molecule has 5 nitrogen and oxygen atoms in total. The quantitative estimate of drug-likeness (QED) is 0.847. The number of morpholine rings is 1. The molecule has 0 aromatic carbocycles. The van der Waals surface area contributed by atoms with Gasteiger partial charge in [-0.25, -0.2) is 4.98 Å². The molecule has 0 saturated carbocycles. The minimum Gasteiger partial charge on any atom is -0.372 e. The molecule has 2 unspecified atom stereocenters. The Bertz CT molecular complexity index is 574. The number of hydrogen-bond donors (Lipinski definition) is 0. The number of aromatic nitrogens is 3. The van der Waals surface area contributed by atoms with E-state index in [2.05, 4.69) is 44.8 Å². The van der Waals surface area contributed by atoms with Gasteiger partial charge >= 0.3 is 0 Å². The van der Waals surface area contributed by atoms with E-state index in [0.717, 1.165) is 29.2 Å². The lowest BCUT2D eigenvalue weighted by atomic mass is 10.2. The van der Waals surface area contributed by atoms with Crippen LogP contribution >= 0.6 is 27.3 Å². The molecule has 0 spiro atoms. The van der Waals surface area contributed by atoms with Crippen LogP contribution in [-0.2, 0) is 11.3 Å². The lowest BCUT2D eigenvalue weighted by Gasteiger charge is -2.35. The molecule has 20 heavy (non-hydrogen) atoms. The molecule has 2 aromatic heterocycles. The Morgan fingerprint density at radius 2 is 2.10 bits per heavy atom. The highest BCUT2D eigenvalue weighted by atomic mass is 79.9. The van der Waals surface area contributed by atoms with Gasteiger partial charge in [-0.2, -0.15) is 5.10 Å². The van der Waals surface area contributed by atoms with E-state index >= 15 is 0 Å². The average molecular weight is 357 g/mol. The van der Waals surface area contributed by atoms with Crippen molar-refractivity contribution in [3.8, 4) is 0 Å². The number of rotatable bonds is 3. The maximum atomic E-state index is 5.76. The Morgan fingerprint density at radius 3 is 2.75 bits per heavy atom. The zero-order valence-electron chi connectivity index (χ0n) is 11.5. The number of halogens is 1. The van der Waals surface area contributed by atoms with Gasteiger partial charge in [0.05, 0.1) is 29.4 Å². The summed E-state index contributed by atoms with van der Waals surface area (Å²) in [5, 5.41) is 5.35. The van der Waals surface area contributed by atoms with Gasteiger partial charge in [0.15, 0.2) is 5.13 Å². The molecule has 2 aromatic rings. The largest absolute Gasteiger partial charge is 0.372 e. The van der Waals surface area contributed by atoms with Crippen molar-refractivity contribution in [2.75, 3.05) is 18.0 Å².